The van der Waals surface area contributed by atoms with Crippen molar-refractivity contribution in [2.45, 2.75) is 25.4 Å². The van der Waals surface area contributed by atoms with Gasteiger partial charge in [0, 0.05) is 24.3 Å². The van der Waals surface area contributed by atoms with Crippen LogP contribution in [0.5, 0.6) is 5.75 Å². The molecule has 0 aromatic heterocycles. The number of rotatable bonds is 5. The minimum atomic E-state index is 0.492. The van der Waals surface area contributed by atoms with E-state index < -0.39 is 0 Å². The molecule has 1 aliphatic rings. The van der Waals surface area contributed by atoms with Crippen molar-refractivity contribution in [3.8, 4) is 5.75 Å². The minimum absolute atomic E-state index is 0.492. The van der Waals surface area contributed by atoms with E-state index in [1.54, 1.807) is 0 Å². The molecule has 1 heterocycles. The van der Waals surface area contributed by atoms with Crippen LogP contribution in [-0.4, -0.2) is 24.1 Å². The van der Waals surface area contributed by atoms with Gasteiger partial charge in [0.2, 0.25) is 0 Å². The Balaban J connectivity index is 1.57. The van der Waals surface area contributed by atoms with Gasteiger partial charge in [-0.2, -0.15) is 0 Å². The first kappa shape index (κ1) is 14.0. The van der Waals surface area contributed by atoms with E-state index in [4.69, 9.17) is 10.5 Å². The van der Waals surface area contributed by atoms with E-state index in [-0.39, 0.29) is 0 Å². The number of ether oxygens (including phenoxy) is 1. The van der Waals surface area contributed by atoms with Crippen LogP contribution in [0.4, 0.5) is 5.69 Å². The largest absolute Gasteiger partial charge is 0.492 e. The molecule has 3 rings (SSSR count). The zero-order chi connectivity index (χ0) is 14.5. The van der Waals surface area contributed by atoms with E-state index in [0.717, 1.165) is 31.1 Å². The highest BCUT2D eigenvalue weighted by Crippen LogP contribution is 2.22. The Hall–Kier alpha value is -2.00. The van der Waals surface area contributed by atoms with Crippen LogP contribution < -0.4 is 10.5 Å². The van der Waals surface area contributed by atoms with Gasteiger partial charge in [-0.15, -0.1) is 0 Å². The molecule has 2 aromatic rings. The first-order valence-corrected chi connectivity index (χ1v) is 7.57. The third-order valence-corrected chi connectivity index (χ3v) is 4.03. The maximum Gasteiger partial charge on any atom is 0.121 e. The lowest BCUT2D eigenvalue weighted by atomic mass is 10.2. The normalized spacial score (nSPS) is 18.8. The molecule has 1 saturated heterocycles. The monoisotopic (exact) mass is 282 g/mol. The highest BCUT2D eigenvalue weighted by Gasteiger charge is 2.24. The van der Waals surface area contributed by atoms with E-state index in [9.17, 15) is 0 Å². The smallest absolute Gasteiger partial charge is 0.121 e. The molecular formula is C18H22N2O. The average molecular weight is 282 g/mol. The topological polar surface area (TPSA) is 38.5 Å². The fourth-order valence-electron chi connectivity index (χ4n) is 2.91. The van der Waals surface area contributed by atoms with Gasteiger partial charge in [0.05, 0.1) is 0 Å². The van der Waals surface area contributed by atoms with Crippen molar-refractivity contribution in [2.24, 2.45) is 0 Å². The first-order valence-electron chi connectivity index (χ1n) is 7.57. The van der Waals surface area contributed by atoms with Crippen molar-refractivity contribution in [3.05, 3.63) is 60.2 Å². The molecular weight excluding hydrogens is 260 g/mol. The van der Waals surface area contributed by atoms with Gasteiger partial charge in [0.15, 0.2) is 0 Å². The summed E-state index contributed by atoms with van der Waals surface area (Å²) in [6.07, 6.45) is 2.45. The summed E-state index contributed by atoms with van der Waals surface area (Å²) in [5, 5.41) is 0. The molecule has 2 N–H and O–H groups in total. The van der Waals surface area contributed by atoms with Crippen molar-refractivity contribution in [3.63, 3.8) is 0 Å². The summed E-state index contributed by atoms with van der Waals surface area (Å²) in [6.45, 7) is 2.89. The van der Waals surface area contributed by atoms with Gasteiger partial charge in [-0.25, -0.2) is 0 Å². The van der Waals surface area contributed by atoms with Gasteiger partial charge < -0.3 is 10.5 Å². The molecule has 0 aliphatic carbocycles. The number of likely N-dealkylation sites (tertiary alicyclic amines) is 1. The van der Waals surface area contributed by atoms with Gasteiger partial charge in [-0.1, -0.05) is 36.4 Å². The zero-order valence-electron chi connectivity index (χ0n) is 12.2. The van der Waals surface area contributed by atoms with E-state index in [1.807, 2.05) is 24.3 Å². The third-order valence-electron chi connectivity index (χ3n) is 4.03. The second-order valence-corrected chi connectivity index (χ2v) is 5.64. The summed E-state index contributed by atoms with van der Waals surface area (Å²) >= 11 is 0. The second kappa shape index (κ2) is 6.64. The van der Waals surface area contributed by atoms with Crippen LogP contribution in [0.15, 0.2) is 54.6 Å². The standard InChI is InChI=1S/C18H22N2O/c19-16-8-4-10-18(12-16)21-14-17-9-5-11-20(17)13-15-6-2-1-3-7-15/h1-4,6-8,10,12,17H,5,9,11,13-14,19H2/t17-/m0/s1. The van der Waals surface area contributed by atoms with Crippen LogP contribution in [0.2, 0.25) is 0 Å². The van der Waals surface area contributed by atoms with Crippen LogP contribution in [0.25, 0.3) is 0 Å². The number of hydrogen-bond acceptors (Lipinski definition) is 3. The fraction of sp³-hybridized carbons (Fsp3) is 0.333. The van der Waals surface area contributed by atoms with E-state index in [2.05, 4.69) is 35.2 Å². The molecule has 0 bridgehead atoms. The number of anilines is 1. The molecule has 110 valence electrons. The van der Waals surface area contributed by atoms with Crippen LogP contribution in [-0.2, 0) is 6.54 Å². The lowest BCUT2D eigenvalue weighted by Crippen LogP contribution is -2.33. The highest BCUT2D eigenvalue weighted by molar-refractivity contribution is 5.43. The molecule has 3 heteroatoms. The van der Waals surface area contributed by atoms with Gasteiger partial charge in [0.25, 0.3) is 0 Å². The Morgan fingerprint density at radius 1 is 1.10 bits per heavy atom. The highest BCUT2D eigenvalue weighted by atomic mass is 16.5. The Morgan fingerprint density at radius 2 is 1.95 bits per heavy atom. The summed E-state index contributed by atoms with van der Waals surface area (Å²) in [6, 6.07) is 18.8. The number of nitrogens with two attached hydrogens (primary N) is 1. The second-order valence-electron chi connectivity index (χ2n) is 5.64. The maximum atomic E-state index is 5.92. The van der Waals surface area contributed by atoms with Crippen molar-refractivity contribution >= 4 is 5.69 Å². The molecule has 0 saturated carbocycles. The molecule has 21 heavy (non-hydrogen) atoms. The quantitative estimate of drug-likeness (QED) is 0.855. The average Bonchev–Trinajstić information content (AvgIpc) is 2.93. The van der Waals surface area contributed by atoms with E-state index >= 15 is 0 Å². The molecule has 0 spiro atoms. The predicted molar refractivity (Wildman–Crippen MR) is 86.2 cm³/mol. The molecule has 0 amide bonds. The Labute approximate surface area is 126 Å². The van der Waals surface area contributed by atoms with Gasteiger partial charge >= 0.3 is 0 Å². The Morgan fingerprint density at radius 3 is 2.76 bits per heavy atom. The summed E-state index contributed by atoms with van der Waals surface area (Å²) in [4.78, 5) is 2.52. The van der Waals surface area contributed by atoms with Crippen molar-refractivity contribution in [1.29, 1.82) is 0 Å². The van der Waals surface area contributed by atoms with Crippen LogP contribution >= 0.6 is 0 Å². The molecule has 3 nitrogen and oxygen atoms in total. The Bertz CT molecular complexity index is 570. The van der Waals surface area contributed by atoms with Crippen molar-refractivity contribution < 1.29 is 4.74 Å². The summed E-state index contributed by atoms with van der Waals surface area (Å²) in [5.74, 6) is 0.863. The fourth-order valence-corrected chi connectivity index (χ4v) is 2.91. The minimum Gasteiger partial charge on any atom is -0.492 e. The summed E-state index contributed by atoms with van der Waals surface area (Å²) < 4.78 is 5.92. The summed E-state index contributed by atoms with van der Waals surface area (Å²) in [7, 11) is 0. The van der Waals surface area contributed by atoms with Gasteiger partial charge in [-0.3, -0.25) is 4.90 Å². The van der Waals surface area contributed by atoms with Crippen LogP contribution in [0.3, 0.4) is 0 Å². The zero-order valence-corrected chi connectivity index (χ0v) is 12.2. The van der Waals surface area contributed by atoms with E-state index in [1.165, 1.54) is 18.4 Å². The molecule has 1 atom stereocenters. The predicted octanol–water partition coefficient (Wildman–Crippen LogP) is 3.31. The molecule has 1 aliphatic heterocycles. The Kier molecular flexibility index (Phi) is 4.41. The van der Waals surface area contributed by atoms with Gasteiger partial charge in [0.1, 0.15) is 12.4 Å². The molecule has 0 unspecified atom stereocenters. The van der Waals surface area contributed by atoms with Crippen molar-refractivity contribution in [1.82, 2.24) is 4.90 Å². The lowest BCUT2D eigenvalue weighted by Gasteiger charge is -2.24. The van der Waals surface area contributed by atoms with Gasteiger partial charge in [-0.05, 0) is 37.1 Å². The maximum absolute atomic E-state index is 5.92. The number of benzene rings is 2. The molecule has 0 radical (unpaired) electrons. The van der Waals surface area contributed by atoms with Crippen LogP contribution in [0, 0.1) is 0 Å². The van der Waals surface area contributed by atoms with Crippen LogP contribution in [0.1, 0.15) is 18.4 Å². The molecule has 2 aromatic carbocycles. The first-order chi connectivity index (χ1) is 10.3. The summed E-state index contributed by atoms with van der Waals surface area (Å²) in [5.41, 5.74) is 7.90. The SMILES string of the molecule is Nc1cccc(OC[C@@H]2CCCN2Cc2ccccc2)c1. The van der Waals surface area contributed by atoms with E-state index in [0.29, 0.717) is 6.04 Å². The lowest BCUT2D eigenvalue weighted by molar-refractivity contribution is 0.167. The molecule has 1 fully saturated rings. The van der Waals surface area contributed by atoms with Crippen molar-refractivity contribution in [2.75, 3.05) is 18.9 Å². The third kappa shape index (κ3) is 3.76. The number of nitrogen functional groups attached to an aromatic ring is 1. The number of hydrogen-bond donors (Lipinski definition) is 1. The number of nitrogens with zero attached hydrogens (tertiary/aromatic N) is 1.